The van der Waals surface area contributed by atoms with Crippen LogP contribution in [0.3, 0.4) is 0 Å². The van der Waals surface area contributed by atoms with Crippen molar-refractivity contribution in [2.45, 2.75) is 163 Å². The second-order valence-corrected chi connectivity index (χ2v) is 26.6. The van der Waals surface area contributed by atoms with Crippen LogP contribution in [0.15, 0.2) is 170 Å². The number of halogens is 6. The van der Waals surface area contributed by atoms with E-state index >= 15 is 0 Å². The maximum atomic E-state index is 13.3. The Morgan fingerprint density at radius 3 is 1.00 bits per heavy atom. The van der Waals surface area contributed by atoms with Crippen LogP contribution in [0.2, 0.25) is 0 Å². The second-order valence-electron chi connectivity index (χ2n) is 26.3. The summed E-state index contributed by atoms with van der Waals surface area (Å²) in [6.07, 6.45) is 6.50. The van der Waals surface area contributed by atoms with Gasteiger partial charge in [0.25, 0.3) is 0 Å². The number of aliphatic hydroxyl groups is 3. The summed E-state index contributed by atoms with van der Waals surface area (Å²) in [5.41, 5.74) is 13.0. The molecule has 8 heterocycles. The molecule has 7 N–H and O–H groups in total. The SMILES string of the molecule is Fc1ccc2c(c1)CC[C@@H]([C@H]1CO1)O2.Fc1ccc2c(c1)CC[C@H]([C@H]1CO1)O2.NCc1ccccc1.O=C[C@@H](OP)[C@@H]1CCc2cc(F)ccc2O1.O[C@H](CNC[C@@H](O)[C@H]1CCc2cc(F)ccc2O1)[C@@H]1CCc2cc(F)ccc2O1.O[C@H](CNCc1ccccc1)[C@H]1CCc2cc(F)ccc2O1. The summed E-state index contributed by atoms with van der Waals surface area (Å²) in [7, 11) is 2.06. The third-order valence-corrected chi connectivity index (χ3v) is 19.1. The van der Waals surface area contributed by atoms with Gasteiger partial charge in [0.1, 0.15) is 137 Å². The Morgan fingerprint density at radius 1 is 0.408 bits per heavy atom. The topological polar surface area (TPSA) is 218 Å². The van der Waals surface area contributed by atoms with Crippen molar-refractivity contribution in [2.24, 2.45) is 5.73 Å². The molecular weight excluding hydrogens is 1360 g/mol. The number of aryl methyl sites for hydroxylation is 6. The maximum Gasteiger partial charge on any atom is 0.153 e. The van der Waals surface area contributed by atoms with E-state index in [0.717, 1.165) is 90.2 Å². The Labute approximate surface area is 598 Å². The molecule has 0 spiro atoms. The highest BCUT2D eigenvalue weighted by atomic mass is 31.0. The Kier molecular flexibility index (Phi) is 27.7. The van der Waals surface area contributed by atoms with Gasteiger partial charge in [0.05, 0.1) is 13.2 Å². The summed E-state index contributed by atoms with van der Waals surface area (Å²) in [5, 5.41) is 37.4. The summed E-state index contributed by atoms with van der Waals surface area (Å²) in [6, 6.07) is 47.2. The fourth-order valence-corrected chi connectivity index (χ4v) is 13.2. The molecule has 8 aliphatic heterocycles. The first kappa shape index (κ1) is 76.0. The van der Waals surface area contributed by atoms with Gasteiger partial charge in [0, 0.05) is 42.2 Å². The Hall–Kier alpha value is -8.12. The number of carbonyl (C=O) groups excluding carboxylic acids is 1. The second kappa shape index (κ2) is 37.5. The Morgan fingerprint density at radius 2 is 0.699 bits per heavy atom. The van der Waals surface area contributed by atoms with Gasteiger partial charge < -0.3 is 78.9 Å². The number of rotatable bonds is 17. The number of hydrogen-bond donors (Lipinski definition) is 6. The van der Waals surface area contributed by atoms with Crippen LogP contribution < -0.4 is 44.8 Å². The van der Waals surface area contributed by atoms with Crippen molar-refractivity contribution in [2.75, 3.05) is 32.8 Å². The fourth-order valence-electron chi connectivity index (χ4n) is 12.9. The van der Waals surface area contributed by atoms with Crippen molar-refractivity contribution in [3.63, 3.8) is 0 Å². The van der Waals surface area contributed by atoms with Crippen LogP contribution in [0.5, 0.6) is 34.5 Å². The number of ether oxygens (including phenoxy) is 8. The first-order chi connectivity index (χ1) is 50.0. The predicted octanol–water partition coefficient (Wildman–Crippen LogP) is 11.9. The quantitative estimate of drug-likeness (QED) is 0.0216. The largest absolute Gasteiger partial charge is 0.487 e. The summed E-state index contributed by atoms with van der Waals surface area (Å²) in [5.74, 6) is 2.68. The van der Waals surface area contributed by atoms with Crippen LogP contribution in [0.25, 0.3) is 0 Å². The average molecular weight is 1440 g/mol. The van der Waals surface area contributed by atoms with E-state index in [2.05, 4.69) is 20.1 Å². The van der Waals surface area contributed by atoms with Crippen LogP contribution >= 0.6 is 9.47 Å². The number of aliphatic hydroxyl groups excluding tert-OH is 3. The number of epoxide rings is 2. The van der Waals surface area contributed by atoms with Gasteiger partial charge in [-0.15, -0.1) is 0 Å². The molecule has 0 aromatic heterocycles. The summed E-state index contributed by atoms with van der Waals surface area (Å²) >= 11 is 0. The first-order valence-electron chi connectivity index (χ1n) is 35.0. The highest BCUT2D eigenvalue weighted by Crippen LogP contribution is 2.37. The number of aldehydes is 1. The first-order valence-corrected chi connectivity index (χ1v) is 35.5. The lowest BCUT2D eigenvalue weighted by Crippen LogP contribution is -2.46. The number of hydrogen-bond acceptors (Lipinski definition) is 16. The van der Waals surface area contributed by atoms with Crippen LogP contribution in [0, 0.1) is 34.9 Å². The lowest BCUT2D eigenvalue weighted by Gasteiger charge is -2.31. The predicted molar refractivity (Wildman–Crippen MR) is 378 cm³/mol. The smallest absolute Gasteiger partial charge is 0.153 e. The molecule has 13 atom stereocenters. The molecule has 2 fully saturated rings. The molecule has 8 aromatic carbocycles. The van der Waals surface area contributed by atoms with Gasteiger partial charge >= 0.3 is 0 Å². The molecule has 2 saturated heterocycles. The monoisotopic (exact) mass is 1440 g/mol. The number of nitrogens with one attached hydrogen (secondary N) is 2. The molecular formula is C80H88F6N3O13P. The van der Waals surface area contributed by atoms with Gasteiger partial charge in [0.2, 0.25) is 0 Å². The fraction of sp³-hybridized carbons (Fsp3) is 0.388. The Bertz CT molecular complexity index is 3880. The van der Waals surface area contributed by atoms with Crippen molar-refractivity contribution < 1.29 is 88.9 Å². The van der Waals surface area contributed by atoms with Gasteiger partial charge in [-0.05, 0) is 231 Å². The van der Waals surface area contributed by atoms with Crippen LogP contribution in [-0.2, 0) is 70.4 Å². The molecule has 8 aromatic rings. The minimum atomic E-state index is -0.753. The van der Waals surface area contributed by atoms with Gasteiger partial charge in [-0.25, -0.2) is 26.3 Å². The summed E-state index contributed by atoms with van der Waals surface area (Å²) in [6.45, 7) is 3.95. The third-order valence-electron chi connectivity index (χ3n) is 18.8. The van der Waals surface area contributed by atoms with Crippen LogP contribution in [0.4, 0.5) is 26.3 Å². The lowest BCUT2D eigenvalue weighted by molar-refractivity contribution is -0.117. The van der Waals surface area contributed by atoms with Crippen molar-refractivity contribution >= 4 is 15.8 Å². The average Bonchev–Trinajstić information content (AvgIpc) is 1.82. The third kappa shape index (κ3) is 22.5. The minimum absolute atomic E-state index is 0.174. The molecule has 103 heavy (non-hydrogen) atoms. The van der Waals surface area contributed by atoms with Crippen molar-refractivity contribution in [1.29, 1.82) is 0 Å². The number of nitrogens with two attached hydrogens (primary N) is 1. The van der Waals surface area contributed by atoms with Gasteiger partial charge in [-0.3, -0.25) is 0 Å². The number of carbonyl (C=O) groups is 1. The van der Waals surface area contributed by atoms with Crippen LogP contribution in [0.1, 0.15) is 83.0 Å². The van der Waals surface area contributed by atoms with E-state index in [-0.39, 0.29) is 96.8 Å². The molecule has 0 bridgehead atoms. The molecule has 0 aliphatic carbocycles. The van der Waals surface area contributed by atoms with Crippen molar-refractivity contribution in [3.8, 4) is 34.5 Å². The normalized spacial score (nSPS) is 22.2. The molecule has 16 nitrogen and oxygen atoms in total. The van der Waals surface area contributed by atoms with E-state index in [1.807, 2.05) is 60.7 Å². The standard InChI is InChI=1S/C22H25F2NO4.C18H20FNO2.C11H12FO3P.2C11H11FO2.C7H9N/c23-15-3-7-19-13(9-15)1-5-21(28-19)17(26)11-25-12-18(27)22-6-2-14-10-16(24)4-8-20(14)29-22;19-15-7-9-17-14(10-15)6-8-18(22-17)16(21)12-20-11-13-4-2-1-3-5-13;12-8-2-4-9-7(5-8)1-3-10(14-9)11(6-13)15-16;2*12-8-2-4-9-7(5-8)1-3-10(14-9)11-6-13-11;8-6-7-4-2-1-3-5-7/h3-4,7-10,17-18,21-22,25-27H,1-2,5-6,11-12H2;1-5,7,9-10,16,18,20-21H,6,8,11-12H2;2,4-6,10-11H,1,3,16H2;2*2,4-5,10-11H,1,3,6H2;1-5H,6,8H2/t17-,18-,21-,22+;16-,18-;2*10-,11+;10-,11-;/m11001./s1. The highest BCUT2D eigenvalue weighted by Gasteiger charge is 2.38. The van der Waals surface area contributed by atoms with Gasteiger partial charge in [0.15, 0.2) is 12.4 Å². The lowest BCUT2D eigenvalue weighted by atomic mass is 9.98. The zero-order valence-electron chi connectivity index (χ0n) is 57.0. The van der Waals surface area contributed by atoms with E-state index in [1.54, 1.807) is 48.5 Å². The van der Waals surface area contributed by atoms with E-state index in [0.29, 0.717) is 93.9 Å². The van der Waals surface area contributed by atoms with E-state index in [4.69, 9.17) is 48.2 Å². The number of benzene rings is 8. The maximum absolute atomic E-state index is 13.3. The minimum Gasteiger partial charge on any atom is -0.487 e. The van der Waals surface area contributed by atoms with Gasteiger partial charge in [-0.2, -0.15) is 0 Å². The van der Waals surface area contributed by atoms with E-state index < -0.39 is 24.4 Å². The van der Waals surface area contributed by atoms with E-state index in [9.17, 15) is 46.5 Å². The molecule has 0 amide bonds. The summed E-state index contributed by atoms with van der Waals surface area (Å²) in [4.78, 5) is 10.7. The molecule has 8 aliphatic rings. The van der Waals surface area contributed by atoms with Crippen molar-refractivity contribution in [3.05, 3.63) is 249 Å². The molecule has 16 rings (SSSR count). The van der Waals surface area contributed by atoms with Crippen molar-refractivity contribution in [1.82, 2.24) is 10.6 Å². The molecule has 0 radical (unpaired) electrons. The van der Waals surface area contributed by atoms with Crippen LogP contribution in [-0.4, -0.2) is 128 Å². The zero-order chi connectivity index (χ0) is 72.2. The molecule has 1 unspecified atom stereocenters. The van der Waals surface area contributed by atoms with Gasteiger partial charge in [-0.1, -0.05) is 60.7 Å². The molecule has 0 saturated carbocycles. The Balaban J connectivity index is 0.000000129. The number of fused-ring (bicyclic) bond motifs is 6. The zero-order valence-corrected chi connectivity index (χ0v) is 58.1. The highest BCUT2D eigenvalue weighted by molar-refractivity contribution is 7.09. The molecule has 23 heteroatoms. The van der Waals surface area contributed by atoms with E-state index in [1.165, 1.54) is 71.8 Å². The summed E-state index contributed by atoms with van der Waals surface area (Å²) < 4.78 is 128. The molecule has 548 valence electrons.